The van der Waals surface area contributed by atoms with Crippen molar-refractivity contribution in [1.29, 1.82) is 0 Å². The summed E-state index contributed by atoms with van der Waals surface area (Å²) in [5.41, 5.74) is 1.04. The minimum Gasteiger partial charge on any atom is -0.481 e. The molecule has 82 valence electrons. The lowest BCUT2D eigenvalue weighted by Gasteiger charge is -1.95. The maximum absolute atomic E-state index is 11.6. The number of thiophene rings is 1. The van der Waals surface area contributed by atoms with Gasteiger partial charge in [-0.05, 0) is 40.9 Å². The summed E-state index contributed by atoms with van der Waals surface area (Å²) in [6.07, 6.45) is 0.763. The Labute approximate surface area is 100 Å². The minimum absolute atomic E-state index is 0.0232. The molecule has 3 nitrogen and oxygen atoms in total. The summed E-state index contributed by atoms with van der Waals surface area (Å²) < 4.78 is 0.962. The van der Waals surface area contributed by atoms with Gasteiger partial charge in [0, 0.05) is 12.8 Å². The van der Waals surface area contributed by atoms with Gasteiger partial charge in [-0.15, -0.1) is 11.3 Å². The topological polar surface area (TPSA) is 54.4 Å². The molecule has 0 saturated carbocycles. The predicted octanol–water partition coefficient (Wildman–Crippen LogP) is 3.26. The second-order valence-electron chi connectivity index (χ2n) is 3.24. The Bertz CT molecular complexity index is 365. The molecule has 1 aromatic rings. The highest BCUT2D eigenvalue weighted by Crippen LogP contribution is 2.28. The fourth-order valence-corrected chi connectivity index (χ4v) is 2.62. The highest BCUT2D eigenvalue weighted by molar-refractivity contribution is 9.11. The number of rotatable bonds is 5. The Balaban J connectivity index is 2.50. The van der Waals surface area contributed by atoms with E-state index in [1.807, 2.05) is 13.0 Å². The number of aliphatic carboxylic acids is 1. The number of carboxylic acids is 1. The van der Waals surface area contributed by atoms with E-state index in [1.54, 1.807) is 0 Å². The molecule has 0 aliphatic heterocycles. The molecular formula is C10H11BrO3S. The van der Waals surface area contributed by atoms with Crippen LogP contribution < -0.4 is 0 Å². The van der Waals surface area contributed by atoms with E-state index in [2.05, 4.69) is 15.9 Å². The fourth-order valence-electron chi connectivity index (χ4n) is 1.12. The molecule has 5 heteroatoms. The van der Waals surface area contributed by atoms with Crippen molar-refractivity contribution in [3.8, 4) is 0 Å². The van der Waals surface area contributed by atoms with E-state index in [0.29, 0.717) is 17.7 Å². The molecule has 0 aliphatic carbocycles. The maximum atomic E-state index is 11.6. The van der Waals surface area contributed by atoms with Crippen molar-refractivity contribution in [2.75, 3.05) is 0 Å². The molecule has 1 N–H and O–H groups in total. The van der Waals surface area contributed by atoms with E-state index in [0.717, 1.165) is 9.35 Å². The zero-order chi connectivity index (χ0) is 11.4. The summed E-state index contributed by atoms with van der Waals surface area (Å²) in [5, 5.41) is 8.43. The van der Waals surface area contributed by atoms with Crippen molar-refractivity contribution < 1.29 is 14.7 Å². The van der Waals surface area contributed by atoms with Crippen LogP contribution in [0.3, 0.4) is 0 Å². The van der Waals surface area contributed by atoms with Crippen molar-refractivity contribution in [1.82, 2.24) is 0 Å². The number of carboxylic acid groups (broad SMARTS) is 1. The summed E-state index contributed by atoms with van der Waals surface area (Å²) in [6.45, 7) is 1.93. The van der Waals surface area contributed by atoms with Crippen LogP contribution in [-0.4, -0.2) is 16.9 Å². The van der Waals surface area contributed by atoms with Gasteiger partial charge in [0.25, 0.3) is 0 Å². The van der Waals surface area contributed by atoms with Crippen LogP contribution in [-0.2, 0) is 4.79 Å². The van der Waals surface area contributed by atoms with E-state index in [4.69, 9.17) is 5.11 Å². The van der Waals surface area contributed by atoms with Gasteiger partial charge in [-0.2, -0.15) is 0 Å². The van der Waals surface area contributed by atoms with Gasteiger partial charge in [-0.1, -0.05) is 0 Å². The van der Waals surface area contributed by atoms with Crippen LogP contribution in [0.25, 0.3) is 0 Å². The number of hydrogen-bond donors (Lipinski definition) is 1. The monoisotopic (exact) mass is 290 g/mol. The quantitative estimate of drug-likeness (QED) is 0.847. The predicted molar refractivity (Wildman–Crippen MR) is 62.6 cm³/mol. The highest BCUT2D eigenvalue weighted by atomic mass is 79.9. The largest absolute Gasteiger partial charge is 0.481 e. The molecule has 0 spiro atoms. The lowest BCUT2D eigenvalue weighted by molar-refractivity contribution is -0.137. The van der Waals surface area contributed by atoms with Crippen LogP contribution in [0.4, 0.5) is 0 Å². The molecule has 0 aliphatic rings. The molecule has 0 fully saturated rings. The average Bonchev–Trinajstić information content (AvgIpc) is 2.46. The lowest BCUT2D eigenvalue weighted by atomic mass is 10.1. The van der Waals surface area contributed by atoms with E-state index in [1.165, 1.54) is 11.3 Å². The van der Waals surface area contributed by atoms with Gasteiger partial charge in [0.2, 0.25) is 0 Å². The molecular weight excluding hydrogens is 280 g/mol. The smallest absolute Gasteiger partial charge is 0.303 e. The first kappa shape index (κ1) is 12.4. The Hall–Kier alpha value is -0.680. The second-order valence-corrected chi connectivity index (χ2v) is 5.61. The second kappa shape index (κ2) is 5.42. The third-order valence-electron chi connectivity index (χ3n) is 1.93. The average molecular weight is 291 g/mol. The van der Waals surface area contributed by atoms with Crippen LogP contribution in [0.2, 0.25) is 0 Å². The summed E-state index contributed by atoms with van der Waals surface area (Å²) in [5.74, 6) is -0.832. The molecule has 0 aromatic carbocycles. The molecule has 0 unspecified atom stereocenters. The van der Waals surface area contributed by atoms with Gasteiger partial charge >= 0.3 is 5.97 Å². The number of carbonyl (C=O) groups is 2. The van der Waals surface area contributed by atoms with Crippen LogP contribution in [0, 0.1) is 6.92 Å². The molecule has 0 amide bonds. The van der Waals surface area contributed by atoms with Crippen molar-refractivity contribution >= 4 is 39.0 Å². The van der Waals surface area contributed by atoms with Gasteiger partial charge < -0.3 is 5.11 Å². The van der Waals surface area contributed by atoms with Crippen molar-refractivity contribution in [3.05, 3.63) is 20.3 Å². The van der Waals surface area contributed by atoms with E-state index in [9.17, 15) is 9.59 Å². The van der Waals surface area contributed by atoms with Gasteiger partial charge in [0.15, 0.2) is 5.78 Å². The van der Waals surface area contributed by atoms with E-state index < -0.39 is 5.97 Å². The van der Waals surface area contributed by atoms with Gasteiger partial charge in [-0.3, -0.25) is 9.59 Å². The maximum Gasteiger partial charge on any atom is 0.303 e. The van der Waals surface area contributed by atoms with E-state index in [-0.39, 0.29) is 12.2 Å². The first-order chi connectivity index (χ1) is 7.00. The Kier molecular flexibility index (Phi) is 4.47. The molecule has 1 aromatic heterocycles. The van der Waals surface area contributed by atoms with Crippen LogP contribution in [0.15, 0.2) is 9.85 Å². The molecule has 0 atom stereocenters. The number of halogens is 1. The Morgan fingerprint density at radius 1 is 1.47 bits per heavy atom. The van der Waals surface area contributed by atoms with Crippen LogP contribution in [0.5, 0.6) is 0 Å². The fraction of sp³-hybridized carbons (Fsp3) is 0.400. The summed E-state index contributed by atoms with van der Waals surface area (Å²) in [6, 6.07) is 1.83. The van der Waals surface area contributed by atoms with Crippen LogP contribution in [0.1, 0.15) is 34.5 Å². The van der Waals surface area contributed by atoms with Gasteiger partial charge in [0.1, 0.15) is 0 Å². The zero-order valence-electron chi connectivity index (χ0n) is 8.25. The Morgan fingerprint density at radius 3 is 2.60 bits per heavy atom. The molecule has 1 heterocycles. The SMILES string of the molecule is Cc1cc(C(=O)CCCC(=O)O)sc1Br. The summed E-state index contributed by atoms with van der Waals surface area (Å²) in [4.78, 5) is 22.5. The number of carbonyl (C=O) groups excluding carboxylic acids is 1. The summed E-state index contributed by atoms with van der Waals surface area (Å²) >= 11 is 4.75. The molecule has 15 heavy (non-hydrogen) atoms. The summed E-state index contributed by atoms with van der Waals surface area (Å²) in [7, 11) is 0. The van der Waals surface area contributed by atoms with E-state index >= 15 is 0 Å². The number of hydrogen-bond acceptors (Lipinski definition) is 3. The third kappa shape index (κ3) is 3.76. The number of aryl methyl sites for hydroxylation is 1. The normalized spacial score (nSPS) is 10.3. The lowest BCUT2D eigenvalue weighted by Crippen LogP contribution is -1.99. The first-order valence-electron chi connectivity index (χ1n) is 4.51. The molecule has 0 saturated heterocycles. The molecule has 1 rings (SSSR count). The molecule has 0 radical (unpaired) electrons. The number of ketones is 1. The van der Waals surface area contributed by atoms with Crippen molar-refractivity contribution in [2.45, 2.75) is 26.2 Å². The van der Waals surface area contributed by atoms with Crippen molar-refractivity contribution in [3.63, 3.8) is 0 Å². The van der Waals surface area contributed by atoms with Crippen LogP contribution >= 0.6 is 27.3 Å². The Morgan fingerprint density at radius 2 is 2.13 bits per heavy atom. The van der Waals surface area contributed by atoms with Gasteiger partial charge in [0.05, 0.1) is 8.66 Å². The molecule has 0 bridgehead atoms. The first-order valence-corrected chi connectivity index (χ1v) is 6.12. The highest BCUT2D eigenvalue weighted by Gasteiger charge is 2.11. The third-order valence-corrected chi connectivity index (χ3v) is 4.10. The van der Waals surface area contributed by atoms with Crippen molar-refractivity contribution in [2.24, 2.45) is 0 Å². The number of Topliss-reactive ketones (excluding diaryl/α,β-unsaturated/α-hetero) is 1. The zero-order valence-corrected chi connectivity index (χ0v) is 10.7. The standard InChI is InChI=1S/C10H11BrO3S/c1-6-5-8(15-10(6)11)7(12)3-2-4-9(13)14/h5H,2-4H2,1H3,(H,13,14). The van der Waals surface area contributed by atoms with Gasteiger partial charge in [-0.25, -0.2) is 0 Å². The minimum atomic E-state index is -0.855.